The fraction of sp³-hybridized carbons (Fsp3) is 0.261. The summed E-state index contributed by atoms with van der Waals surface area (Å²) in [6.07, 6.45) is 6.66. The third-order valence-corrected chi connectivity index (χ3v) is 4.46. The Morgan fingerprint density at radius 2 is 1.94 bits per heavy atom. The Morgan fingerprint density at radius 3 is 2.65 bits per heavy atom. The summed E-state index contributed by atoms with van der Waals surface area (Å²) in [6, 6.07) is 11.2. The average molecular weight is 421 g/mol. The number of nitrogens with one attached hydrogen (secondary N) is 2. The molecule has 31 heavy (non-hydrogen) atoms. The van der Waals surface area contributed by atoms with Crippen molar-refractivity contribution in [3.8, 4) is 29.6 Å². The molecule has 3 rings (SSSR count). The lowest BCUT2D eigenvalue weighted by atomic mass is 10.0. The molecule has 160 valence electrons. The van der Waals surface area contributed by atoms with Crippen LogP contribution in [0.1, 0.15) is 29.8 Å². The number of carbonyl (C=O) groups is 2. The number of benzene rings is 2. The van der Waals surface area contributed by atoms with Gasteiger partial charge in [0, 0.05) is 5.56 Å². The molecule has 0 bridgehead atoms. The lowest BCUT2D eigenvalue weighted by Gasteiger charge is -2.20. The molecule has 0 radical (unpaired) electrons. The van der Waals surface area contributed by atoms with Crippen molar-refractivity contribution in [3.63, 3.8) is 0 Å². The third-order valence-electron chi connectivity index (χ3n) is 4.46. The van der Waals surface area contributed by atoms with Crippen LogP contribution in [0.15, 0.2) is 47.6 Å². The smallest absolute Gasteiger partial charge is 0.262 e. The highest BCUT2D eigenvalue weighted by Gasteiger charge is 2.25. The maximum absolute atomic E-state index is 12.6. The second-order valence-electron chi connectivity index (χ2n) is 7.06. The number of hydrogen-bond acceptors (Lipinski definition) is 6. The number of carbonyl (C=O) groups excluding carboxylic acids is 2. The van der Waals surface area contributed by atoms with Crippen molar-refractivity contribution in [3.05, 3.63) is 53.6 Å². The van der Waals surface area contributed by atoms with Crippen LogP contribution in [0, 0.1) is 18.3 Å². The summed E-state index contributed by atoms with van der Waals surface area (Å²) in [6.45, 7) is 3.99. The maximum Gasteiger partial charge on any atom is 0.262 e. The number of rotatable bonds is 8. The van der Waals surface area contributed by atoms with E-state index in [0.29, 0.717) is 22.8 Å². The van der Waals surface area contributed by atoms with Gasteiger partial charge in [-0.2, -0.15) is 5.10 Å². The molecule has 0 saturated heterocycles. The van der Waals surface area contributed by atoms with Gasteiger partial charge in [-0.1, -0.05) is 19.8 Å². The molecule has 0 aliphatic carbocycles. The Bertz CT molecular complexity index is 1010. The van der Waals surface area contributed by atoms with Crippen LogP contribution in [0.25, 0.3) is 0 Å². The molecule has 0 saturated carbocycles. The molecule has 2 aromatic carbocycles. The van der Waals surface area contributed by atoms with E-state index < -0.39 is 17.9 Å². The van der Waals surface area contributed by atoms with Crippen LogP contribution in [0.5, 0.6) is 17.2 Å². The Kier molecular flexibility index (Phi) is 7.12. The molecule has 2 amide bonds. The summed E-state index contributed by atoms with van der Waals surface area (Å²) in [4.78, 5) is 25.2. The highest BCUT2D eigenvalue weighted by Crippen LogP contribution is 2.32. The van der Waals surface area contributed by atoms with E-state index >= 15 is 0 Å². The first kappa shape index (κ1) is 21.7. The minimum atomic E-state index is -0.769. The molecule has 0 aromatic heterocycles. The van der Waals surface area contributed by atoms with Gasteiger partial charge in [0.05, 0.1) is 6.21 Å². The summed E-state index contributed by atoms with van der Waals surface area (Å²) in [5.41, 5.74) is 3.61. The quantitative estimate of drug-likeness (QED) is 0.387. The molecule has 0 fully saturated rings. The van der Waals surface area contributed by atoms with Crippen molar-refractivity contribution in [2.45, 2.75) is 19.9 Å². The van der Waals surface area contributed by atoms with Crippen LogP contribution >= 0.6 is 0 Å². The van der Waals surface area contributed by atoms with Crippen LogP contribution in [-0.2, 0) is 4.79 Å². The average Bonchev–Trinajstić information content (AvgIpc) is 3.24. The van der Waals surface area contributed by atoms with Crippen LogP contribution in [-0.4, -0.2) is 37.5 Å². The van der Waals surface area contributed by atoms with E-state index in [1.165, 1.54) is 6.21 Å². The lowest BCUT2D eigenvalue weighted by molar-refractivity contribution is -0.123. The van der Waals surface area contributed by atoms with Crippen molar-refractivity contribution < 1.29 is 23.8 Å². The van der Waals surface area contributed by atoms with E-state index in [4.69, 9.17) is 20.6 Å². The van der Waals surface area contributed by atoms with Gasteiger partial charge in [-0.05, 0) is 53.9 Å². The van der Waals surface area contributed by atoms with Gasteiger partial charge < -0.3 is 19.5 Å². The molecular weight excluding hydrogens is 398 g/mol. The first-order chi connectivity index (χ1) is 15.0. The van der Waals surface area contributed by atoms with E-state index in [-0.39, 0.29) is 19.3 Å². The zero-order valence-electron chi connectivity index (χ0n) is 17.3. The summed E-state index contributed by atoms with van der Waals surface area (Å²) in [5.74, 6) is 3.16. The van der Waals surface area contributed by atoms with E-state index in [0.717, 1.165) is 5.56 Å². The molecule has 1 aliphatic rings. The number of hydrogen-bond donors (Lipinski definition) is 2. The molecule has 1 aliphatic heterocycles. The molecule has 1 atom stereocenters. The largest absolute Gasteiger partial charge is 0.481 e. The molecule has 2 aromatic rings. The Hall–Kier alpha value is -3.99. The van der Waals surface area contributed by atoms with Crippen molar-refractivity contribution in [2.24, 2.45) is 11.0 Å². The van der Waals surface area contributed by atoms with Crippen molar-refractivity contribution in [1.82, 2.24) is 10.7 Å². The van der Waals surface area contributed by atoms with Gasteiger partial charge >= 0.3 is 0 Å². The van der Waals surface area contributed by atoms with Gasteiger partial charge in [-0.25, -0.2) is 5.43 Å². The predicted octanol–water partition coefficient (Wildman–Crippen LogP) is 2.33. The lowest BCUT2D eigenvalue weighted by Crippen LogP contribution is -2.48. The van der Waals surface area contributed by atoms with Gasteiger partial charge in [0.2, 0.25) is 6.79 Å². The molecular formula is C23H23N3O5. The van der Waals surface area contributed by atoms with Crippen LogP contribution in [0.3, 0.4) is 0 Å². The number of terminal acetylenes is 1. The number of hydrazone groups is 1. The van der Waals surface area contributed by atoms with Gasteiger partial charge in [-0.3, -0.25) is 9.59 Å². The van der Waals surface area contributed by atoms with E-state index in [2.05, 4.69) is 21.8 Å². The Morgan fingerprint density at radius 1 is 1.19 bits per heavy atom. The van der Waals surface area contributed by atoms with Crippen molar-refractivity contribution in [1.29, 1.82) is 0 Å². The van der Waals surface area contributed by atoms with Crippen molar-refractivity contribution >= 4 is 18.0 Å². The van der Waals surface area contributed by atoms with Gasteiger partial charge in [0.15, 0.2) is 11.5 Å². The first-order valence-electron chi connectivity index (χ1n) is 9.67. The highest BCUT2D eigenvalue weighted by atomic mass is 16.7. The molecule has 8 heteroatoms. The number of ether oxygens (including phenoxy) is 3. The topological polar surface area (TPSA) is 98.2 Å². The van der Waals surface area contributed by atoms with Crippen LogP contribution < -0.4 is 25.0 Å². The van der Waals surface area contributed by atoms with Crippen LogP contribution in [0.2, 0.25) is 0 Å². The Balaban J connectivity index is 1.58. The summed E-state index contributed by atoms with van der Waals surface area (Å²) < 4.78 is 15.8. The molecule has 2 N–H and O–H groups in total. The third kappa shape index (κ3) is 5.76. The Labute approximate surface area is 180 Å². The zero-order chi connectivity index (χ0) is 22.2. The fourth-order valence-corrected chi connectivity index (χ4v) is 2.81. The molecule has 0 spiro atoms. The summed E-state index contributed by atoms with van der Waals surface area (Å²) in [7, 11) is 0. The first-order valence-corrected chi connectivity index (χ1v) is 9.67. The number of nitrogens with zero attached hydrogens (tertiary/aromatic N) is 1. The zero-order valence-corrected chi connectivity index (χ0v) is 17.3. The van der Waals surface area contributed by atoms with Gasteiger partial charge in [-0.15, -0.1) is 6.42 Å². The SMILES string of the molecule is C#CCOc1ccc(C=NNC(=O)C(NC(=O)c2ccc3c(c2)OCO3)C(C)C)cc1. The van der Waals surface area contributed by atoms with E-state index in [1.54, 1.807) is 42.5 Å². The van der Waals surface area contributed by atoms with Gasteiger partial charge in [0.1, 0.15) is 18.4 Å². The summed E-state index contributed by atoms with van der Waals surface area (Å²) >= 11 is 0. The second-order valence-corrected chi connectivity index (χ2v) is 7.06. The summed E-state index contributed by atoms with van der Waals surface area (Å²) in [5, 5.41) is 6.72. The minimum absolute atomic E-state index is 0.121. The minimum Gasteiger partial charge on any atom is -0.481 e. The molecule has 8 nitrogen and oxygen atoms in total. The standard InChI is InChI=1S/C23H23N3O5/c1-4-11-29-18-8-5-16(6-9-18)13-24-26-23(28)21(15(2)3)25-22(27)17-7-10-19-20(12-17)31-14-30-19/h1,5-10,12-13,15,21H,11,14H2,2-3H3,(H,25,27)(H,26,28). The number of fused-ring (bicyclic) bond motifs is 1. The van der Waals surface area contributed by atoms with E-state index in [1.807, 2.05) is 13.8 Å². The van der Waals surface area contributed by atoms with Gasteiger partial charge in [0.25, 0.3) is 11.8 Å². The van der Waals surface area contributed by atoms with Crippen molar-refractivity contribution in [2.75, 3.05) is 13.4 Å². The van der Waals surface area contributed by atoms with Crippen LogP contribution in [0.4, 0.5) is 0 Å². The molecule has 1 unspecified atom stereocenters. The monoisotopic (exact) mass is 421 g/mol. The number of amides is 2. The molecule has 1 heterocycles. The normalized spacial score (nSPS) is 13.0. The highest BCUT2D eigenvalue weighted by molar-refractivity contribution is 5.98. The van der Waals surface area contributed by atoms with E-state index in [9.17, 15) is 9.59 Å². The second kappa shape index (κ2) is 10.2. The maximum atomic E-state index is 12.6. The predicted molar refractivity (Wildman–Crippen MR) is 115 cm³/mol. The fourth-order valence-electron chi connectivity index (χ4n) is 2.81.